The summed E-state index contributed by atoms with van der Waals surface area (Å²) in [6, 6.07) is 24.6. The molecule has 2 heterocycles. The molecular formula is C34H34Cl2N4O4. The lowest BCUT2D eigenvalue weighted by atomic mass is 10.0. The van der Waals surface area contributed by atoms with Crippen LogP contribution in [0.25, 0.3) is 0 Å². The molecule has 1 aliphatic rings. The second kappa shape index (κ2) is 15.0. The van der Waals surface area contributed by atoms with Gasteiger partial charge in [0.15, 0.2) is 0 Å². The molecule has 0 aliphatic carbocycles. The monoisotopic (exact) mass is 632 g/mol. The number of carboxylic acid groups (broad SMARTS) is 1. The molecule has 4 aromatic rings. The van der Waals surface area contributed by atoms with E-state index in [9.17, 15) is 14.7 Å². The average molecular weight is 634 g/mol. The normalized spacial score (nSPS) is 14.4. The summed E-state index contributed by atoms with van der Waals surface area (Å²) in [5, 5.41) is 10.6. The molecule has 1 atom stereocenters. The van der Waals surface area contributed by atoms with E-state index in [4.69, 9.17) is 32.9 Å². The van der Waals surface area contributed by atoms with Crippen molar-refractivity contribution in [1.29, 1.82) is 0 Å². The molecule has 1 saturated heterocycles. The fourth-order valence-corrected chi connectivity index (χ4v) is 5.53. The van der Waals surface area contributed by atoms with Crippen LogP contribution in [0.5, 0.6) is 5.75 Å². The summed E-state index contributed by atoms with van der Waals surface area (Å²) in [6.07, 6.45) is 4.53. The summed E-state index contributed by atoms with van der Waals surface area (Å²) < 4.78 is 6.06. The molecule has 0 saturated carbocycles. The Morgan fingerprint density at radius 3 is 2.34 bits per heavy atom. The topological polar surface area (TPSA) is 95.9 Å². The van der Waals surface area contributed by atoms with Crippen LogP contribution < -0.4 is 9.64 Å². The van der Waals surface area contributed by atoms with Crippen LogP contribution in [0.4, 0.5) is 5.95 Å². The fraction of sp³-hybridized carbons (Fsp3) is 0.294. The molecule has 1 amide bonds. The summed E-state index contributed by atoms with van der Waals surface area (Å²) in [7, 11) is 0. The zero-order valence-electron chi connectivity index (χ0n) is 24.2. The zero-order valence-corrected chi connectivity index (χ0v) is 25.8. The minimum Gasteiger partial charge on any atom is -0.491 e. The predicted octanol–water partition coefficient (Wildman–Crippen LogP) is 6.73. The van der Waals surface area contributed by atoms with Crippen molar-refractivity contribution in [2.24, 2.45) is 0 Å². The lowest BCUT2D eigenvalue weighted by molar-refractivity contribution is -0.137. The first-order chi connectivity index (χ1) is 21.4. The predicted molar refractivity (Wildman–Crippen MR) is 172 cm³/mol. The molecule has 0 spiro atoms. The molecular weight excluding hydrogens is 599 g/mol. The van der Waals surface area contributed by atoms with Gasteiger partial charge in [-0.25, -0.2) is 9.97 Å². The number of anilines is 1. The molecule has 1 unspecified atom stereocenters. The van der Waals surface area contributed by atoms with Gasteiger partial charge in [-0.2, -0.15) is 0 Å². The fourth-order valence-electron chi connectivity index (χ4n) is 5.28. The zero-order chi connectivity index (χ0) is 30.9. The molecule has 5 rings (SSSR count). The Balaban J connectivity index is 1.41. The van der Waals surface area contributed by atoms with Gasteiger partial charge in [0, 0.05) is 35.9 Å². The molecule has 1 fully saturated rings. The number of carbonyl (C=O) groups excluding carboxylic acids is 1. The van der Waals surface area contributed by atoms with Crippen molar-refractivity contribution < 1.29 is 19.4 Å². The molecule has 1 aromatic heterocycles. The van der Waals surface area contributed by atoms with Crippen molar-refractivity contribution in [3.8, 4) is 5.75 Å². The number of hydrogen-bond acceptors (Lipinski definition) is 6. The van der Waals surface area contributed by atoms with Gasteiger partial charge in [-0.1, -0.05) is 65.7 Å². The van der Waals surface area contributed by atoms with E-state index in [-0.39, 0.29) is 31.5 Å². The number of hydrogen-bond donors (Lipinski definition) is 1. The summed E-state index contributed by atoms with van der Waals surface area (Å²) in [5.74, 6) is 0.0194. The number of ether oxygens (including phenoxy) is 1. The molecule has 1 N–H and O–H groups in total. The van der Waals surface area contributed by atoms with Gasteiger partial charge in [-0.3, -0.25) is 9.59 Å². The summed E-state index contributed by atoms with van der Waals surface area (Å²) in [5.41, 5.74) is 2.98. The van der Waals surface area contributed by atoms with Gasteiger partial charge in [-0.05, 0) is 73.2 Å². The largest absolute Gasteiger partial charge is 0.491 e. The maximum absolute atomic E-state index is 14.0. The molecule has 228 valence electrons. The second-order valence-corrected chi connectivity index (χ2v) is 11.6. The van der Waals surface area contributed by atoms with Gasteiger partial charge in [0.2, 0.25) is 5.95 Å². The van der Waals surface area contributed by atoms with Crippen LogP contribution in [0.2, 0.25) is 10.0 Å². The van der Waals surface area contributed by atoms with Gasteiger partial charge in [0.25, 0.3) is 5.91 Å². The van der Waals surface area contributed by atoms with E-state index in [1.807, 2.05) is 54.6 Å². The van der Waals surface area contributed by atoms with Gasteiger partial charge >= 0.3 is 5.97 Å². The van der Waals surface area contributed by atoms with Crippen LogP contribution in [-0.4, -0.2) is 57.6 Å². The van der Waals surface area contributed by atoms with Crippen molar-refractivity contribution in [1.82, 2.24) is 14.9 Å². The van der Waals surface area contributed by atoms with E-state index in [2.05, 4.69) is 9.88 Å². The van der Waals surface area contributed by atoms with Crippen molar-refractivity contribution >= 4 is 41.0 Å². The summed E-state index contributed by atoms with van der Waals surface area (Å²) in [6.45, 7) is 1.53. The first-order valence-corrected chi connectivity index (χ1v) is 15.4. The SMILES string of the molecule is O=C(O)CCN(Cc1ccc(Cl)cc1)C(=O)c1cnc(N2CCCC2COc2ccc(Cl)cc2)nc1CCc1ccccc1. The van der Waals surface area contributed by atoms with E-state index in [0.717, 1.165) is 36.3 Å². The van der Waals surface area contributed by atoms with Crippen molar-refractivity contribution in [2.45, 2.75) is 44.7 Å². The van der Waals surface area contributed by atoms with Gasteiger partial charge < -0.3 is 19.6 Å². The number of rotatable bonds is 13. The molecule has 0 bridgehead atoms. The maximum atomic E-state index is 14.0. The van der Waals surface area contributed by atoms with Crippen LogP contribution in [-0.2, 0) is 24.2 Å². The lowest BCUT2D eigenvalue weighted by Crippen LogP contribution is -2.36. The Morgan fingerprint density at radius 1 is 0.932 bits per heavy atom. The number of nitrogens with zero attached hydrogens (tertiary/aromatic N) is 4. The molecule has 10 heteroatoms. The first kappa shape index (κ1) is 31.3. The second-order valence-electron chi connectivity index (χ2n) is 10.8. The van der Waals surface area contributed by atoms with Crippen LogP contribution in [0.15, 0.2) is 85.1 Å². The Labute approximate surface area is 267 Å². The Hall–Kier alpha value is -4.14. The highest BCUT2D eigenvalue weighted by atomic mass is 35.5. The summed E-state index contributed by atoms with van der Waals surface area (Å²) >= 11 is 12.1. The minimum atomic E-state index is -0.976. The first-order valence-electron chi connectivity index (χ1n) is 14.7. The van der Waals surface area contributed by atoms with E-state index in [0.29, 0.717) is 46.7 Å². The highest BCUT2D eigenvalue weighted by Crippen LogP contribution is 2.26. The van der Waals surface area contributed by atoms with E-state index in [1.54, 1.807) is 35.4 Å². The lowest BCUT2D eigenvalue weighted by Gasteiger charge is -2.27. The molecule has 8 nitrogen and oxygen atoms in total. The Kier molecular flexibility index (Phi) is 10.7. The Bertz CT molecular complexity index is 1550. The number of aryl methyl sites for hydroxylation is 2. The van der Waals surface area contributed by atoms with E-state index in [1.165, 1.54) is 0 Å². The number of aliphatic carboxylic acids is 1. The third-order valence-electron chi connectivity index (χ3n) is 7.64. The van der Waals surface area contributed by atoms with Gasteiger partial charge in [0.05, 0.1) is 23.7 Å². The number of benzene rings is 3. The van der Waals surface area contributed by atoms with Crippen LogP contribution in [0, 0.1) is 0 Å². The maximum Gasteiger partial charge on any atom is 0.305 e. The van der Waals surface area contributed by atoms with Crippen molar-refractivity contribution in [3.63, 3.8) is 0 Å². The highest BCUT2D eigenvalue weighted by molar-refractivity contribution is 6.30. The van der Waals surface area contributed by atoms with Crippen molar-refractivity contribution in [2.75, 3.05) is 24.6 Å². The molecule has 3 aromatic carbocycles. The van der Waals surface area contributed by atoms with E-state index >= 15 is 0 Å². The highest BCUT2D eigenvalue weighted by Gasteiger charge is 2.29. The quantitative estimate of drug-likeness (QED) is 0.174. The van der Waals surface area contributed by atoms with Crippen molar-refractivity contribution in [3.05, 3.63) is 117 Å². The van der Waals surface area contributed by atoms with Gasteiger partial charge in [0.1, 0.15) is 12.4 Å². The third-order valence-corrected chi connectivity index (χ3v) is 8.14. The number of halogens is 2. The molecule has 1 aliphatic heterocycles. The van der Waals surface area contributed by atoms with Gasteiger partial charge in [-0.15, -0.1) is 0 Å². The number of carbonyl (C=O) groups is 2. The third kappa shape index (κ3) is 8.49. The number of carboxylic acids is 1. The molecule has 0 radical (unpaired) electrons. The number of amides is 1. The van der Waals surface area contributed by atoms with Crippen LogP contribution in [0.3, 0.4) is 0 Å². The standard InChI is InChI=1S/C34H34Cl2N4O4/c35-26-11-8-25(9-12-26)22-39(20-18-32(41)42)33(43)30-21-37-34(38-31(30)17-10-24-5-2-1-3-6-24)40-19-4-7-28(40)23-44-29-15-13-27(36)14-16-29/h1-3,5-6,8-9,11-16,21,28H,4,7,10,17-20,22-23H2,(H,41,42). The minimum absolute atomic E-state index is 0.0485. The van der Waals surface area contributed by atoms with E-state index < -0.39 is 5.97 Å². The van der Waals surface area contributed by atoms with Crippen LogP contribution >= 0.6 is 23.2 Å². The smallest absolute Gasteiger partial charge is 0.305 e. The summed E-state index contributed by atoms with van der Waals surface area (Å²) in [4.78, 5) is 38.8. The number of aromatic nitrogens is 2. The average Bonchev–Trinajstić information content (AvgIpc) is 3.51. The van der Waals surface area contributed by atoms with Crippen LogP contribution in [0.1, 0.15) is 46.4 Å². The molecule has 44 heavy (non-hydrogen) atoms. The Morgan fingerprint density at radius 2 is 1.64 bits per heavy atom.